The van der Waals surface area contributed by atoms with Crippen molar-refractivity contribution in [3.05, 3.63) is 70.8 Å². The molecule has 0 aromatic heterocycles. The molecule has 1 aliphatic rings. The topological polar surface area (TPSA) is 69.6 Å². The maximum atomic E-state index is 12.8. The van der Waals surface area contributed by atoms with Gasteiger partial charge in [-0.2, -0.15) is 13.2 Å². The zero-order valence-electron chi connectivity index (χ0n) is 14.6. The predicted octanol–water partition coefficient (Wildman–Crippen LogP) is 3.02. The molecule has 4 nitrogen and oxygen atoms in total. The number of aryl methyl sites for hydroxylation is 1. The van der Waals surface area contributed by atoms with Crippen LogP contribution in [0.25, 0.3) is 0 Å². The third-order valence-corrected chi connectivity index (χ3v) is 5.04. The minimum Gasteiger partial charge on any atom is -0.390 e. The Kier molecular flexibility index (Phi) is 5.26. The van der Waals surface area contributed by atoms with Crippen molar-refractivity contribution in [2.75, 3.05) is 0 Å². The summed E-state index contributed by atoms with van der Waals surface area (Å²) in [7, 11) is 0. The Labute approximate surface area is 154 Å². The minimum absolute atomic E-state index is 0.144. The molecule has 4 atom stereocenters. The highest BCUT2D eigenvalue weighted by molar-refractivity contribution is 5.95. The molecule has 1 saturated carbocycles. The SMILES string of the molecule is Cc1ccccc1C(=O)NC1C(c2ccc(C(F)(F)F)cc2)CC(O)C1O. The summed E-state index contributed by atoms with van der Waals surface area (Å²) in [5.41, 5.74) is 0.950. The van der Waals surface area contributed by atoms with Gasteiger partial charge in [0.15, 0.2) is 0 Å². The fourth-order valence-corrected chi connectivity index (χ4v) is 3.53. The number of aliphatic hydroxyl groups is 2. The molecule has 3 rings (SSSR count). The number of aliphatic hydroxyl groups excluding tert-OH is 2. The molecule has 2 aromatic rings. The molecule has 0 bridgehead atoms. The molecule has 1 aliphatic carbocycles. The smallest absolute Gasteiger partial charge is 0.390 e. The van der Waals surface area contributed by atoms with Crippen molar-refractivity contribution in [1.29, 1.82) is 0 Å². The van der Waals surface area contributed by atoms with Crippen molar-refractivity contribution in [3.63, 3.8) is 0 Å². The van der Waals surface area contributed by atoms with Crippen LogP contribution in [0.2, 0.25) is 0 Å². The number of carbonyl (C=O) groups excluding carboxylic acids is 1. The van der Waals surface area contributed by atoms with E-state index < -0.39 is 41.8 Å². The molecule has 144 valence electrons. The fraction of sp³-hybridized carbons (Fsp3) is 0.350. The Hall–Kier alpha value is -2.38. The number of hydrogen-bond donors (Lipinski definition) is 3. The Morgan fingerprint density at radius 3 is 2.30 bits per heavy atom. The number of rotatable bonds is 3. The van der Waals surface area contributed by atoms with E-state index in [4.69, 9.17) is 0 Å². The Bertz CT molecular complexity index is 820. The third kappa shape index (κ3) is 3.99. The first-order valence-electron chi connectivity index (χ1n) is 8.58. The van der Waals surface area contributed by atoms with E-state index in [0.717, 1.165) is 17.7 Å². The summed E-state index contributed by atoms with van der Waals surface area (Å²) in [6.45, 7) is 1.78. The average Bonchev–Trinajstić information content (AvgIpc) is 2.90. The van der Waals surface area contributed by atoms with Gasteiger partial charge in [0.05, 0.1) is 17.7 Å². The van der Waals surface area contributed by atoms with Gasteiger partial charge in [-0.15, -0.1) is 0 Å². The van der Waals surface area contributed by atoms with Crippen molar-refractivity contribution < 1.29 is 28.2 Å². The van der Waals surface area contributed by atoms with Crippen LogP contribution in [0.4, 0.5) is 13.2 Å². The molecule has 0 aliphatic heterocycles. The molecular weight excluding hydrogens is 359 g/mol. The van der Waals surface area contributed by atoms with Crippen molar-refractivity contribution in [2.45, 2.75) is 43.7 Å². The van der Waals surface area contributed by atoms with Crippen molar-refractivity contribution >= 4 is 5.91 Å². The van der Waals surface area contributed by atoms with Gasteiger partial charge in [0.2, 0.25) is 0 Å². The molecule has 1 amide bonds. The summed E-state index contributed by atoms with van der Waals surface area (Å²) in [6.07, 6.45) is -6.57. The summed E-state index contributed by atoms with van der Waals surface area (Å²) < 4.78 is 38.3. The standard InChI is InChI=1S/C20H20F3NO3/c1-11-4-2-3-5-14(11)19(27)24-17-15(10-16(25)18(17)26)12-6-8-13(9-7-12)20(21,22)23/h2-9,15-18,25-26H,10H2,1H3,(H,24,27). The normalized spacial score (nSPS) is 25.4. The maximum absolute atomic E-state index is 12.8. The van der Waals surface area contributed by atoms with E-state index in [1.54, 1.807) is 31.2 Å². The number of nitrogens with one attached hydrogen (secondary N) is 1. The number of carbonyl (C=O) groups is 1. The van der Waals surface area contributed by atoms with E-state index in [1.165, 1.54) is 12.1 Å². The summed E-state index contributed by atoms with van der Waals surface area (Å²) in [6, 6.07) is 10.7. The lowest BCUT2D eigenvalue weighted by Gasteiger charge is -2.24. The average molecular weight is 379 g/mol. The van der Waals surface area contributed by atoms with E-state index in [1.807, 2.05) is 0 Å². The van der Waals surface area contributed by atoms with Gasteiger partial charge in [-0.25, -0.2) is 0 Å². The first kappa shape index (κ1) is 19.4. The lowest BCUT2D eigenvalue weighted by Crippen LogP contribution is -2.45. The van der Waals surface area contributed by atoms with Crippen molar-refractivity contribution in [3.8, 4) is 0 Å². The molecular formula is C20H20F3NO3. The summed E-state index contributed by atoms with van der Waals surface area (Å²) in [5, 5.41) is 23.1. The number of alkyl halides is 3. The van der Waals surface area contributed by atoms with E-state index in [9.17, 15) is 28.2 Å². The molecule has 27 heavy (non-hydrogen) atoms. The summed E-state index contributed by atoms with van der Waals surface area (Å²) in [4.78, 5) is 12.6. The van der Waals surface area contributed by atoms with Crippen molar-refractivity contribution in [2.24, 2.45) is 0 Å². The highest BCUT2D eigenvalue weighted by atomic mass is 19.4. The summed E-state index contributed by atoms with van der Waals surface area (Å²) >= 11 is 0. The quantitative estimate of drug-likeness (QED) is 0.768. The zero-order chi connectivity index (χ0) is 19.8. The van der Waals surface area contributed by atoms with Gasteiger partial charge >= 0.3 is 6.18 Å². The molecule has 0 heterocycles. The van der Waals surface area contributed by atoms with Gasteiger partial charge in [0.25, 0.3) is 5.91 Å². The molecule has 2 aromatic carbocycles. The molecule has 7 heteroatoms. The predicted molar refractivity (Wildman–Crippen MR) is 93.2 cm³/mol. The molecule has 1 fully saturated rings. The van der Waals surface area contributed by atoms with E-state index in [2.05, 4.69) is 5.32 Å². The van der Waals surface area contributed by atoms with Crippen LogP contribution in [0.1, 0.15) is 39.4 Å². The number of hydrogen-bond acceptors (Lipinski definition) is 3. The van der Waals surface area contributed by atoms with Crippen LogP contribution < -0.4 is 5.32 Å². The number of halogens is 3. The molecule has 0 radical (unpaired) electrons. The van der Waals surface area contributed by atoms with Crippen LogP contribution in [-0.2, 0) is 6.18 Å². The highest BCUT2D eigenvalue weighted by Crippen LogP contribution is 2.37. The summed E-state index contributed by atoms with van der Waals surface area (Å²) in [5.74, 6) is -0.895. The Morgan fingerprint density at radius 2 is 1.70 bits per heavy atom. The van der Waals surface area contributed by atoms with Gasteiger partial charge in [-0.1, -0.05) is 30.3 Å². The maximum Gasteiger partial charge on any atom is 0.416 e. The van der Waals surface area contributed by atoms with Gasteiger partial charge < -0.3 is 15.5 Å². The lowest BCUT2D eigenvalue weighted by atomic mass is 9.92. The molecule has 4 unspecified atom stereocenters. The largest absolute Gasteiger partial charge is 0.416 e. The monoisotopic (exact) mass is 379 g/mol. The van der Waals surface area contributed by atoms with E-state index >= 15 is 0 Å². The third-order valence-electron chi connectivity index (χ3n) is 5.04. The van der Waals surface area contributed by atoms with Gasteiger partial charge in [-0.3, -0.25) is 4.79 Å². The van der Waals surface area contributed by atoms with Crippen LogP contribution in [0.15, 0.2) is 48.5 Å². The Balaban J connectivity index is 1.84. The first-order valence-corrected chi connectivity index (χ1v) is 8.58. The molecule has 0 spiro atoms. The fourth-order valence-electron chi connectivity index (χ4n) is 3.53. The van der Waals surface area contributed by atoms with Gasteiger partial charge in [0, 0.05) is 11.5 Å². The minimum atomic E-state index is -4.44. The van der Waals surface area contributed by atoms with Crippen LogP contribution in [0.3, 0.4) is 0 Å². The first-order chi connectivity index (χ1) is 12.7. The number of amides is 1. The van der Waals surface area contributed by atoms with Crippen molar-refractivity contribution in [1.82, 2.24) is 5.32 Å². The highest BCUT2D eigenvalue weighted by Gasteiger charge is 2.43. The van der Waals surface area contributed by atoms with Gasteiger partial charge in [0.1, 0.15) is 6.10 Å². The van der Waals surface area contributed by atoms with E-state index in [0.29, 0.717) is 11.1 Å². The second-order valence-electron chi connectivity index (χ2n) is 6.83. The van der Waals surface area contributed by atoms with E-state index in [-0.39, 0.29) is 6.42 Å². The van der Waals surface area contributed by atoms with Crippen LogP contribution >= 0.6 is 0 Å². The lowest BCUT2D eigenvalue weighted by molar-refractivity contribution is -0.137. The second kappa shape index (κ2) is 7.32. The molecule has 3 N–H and O–H groups in total. The van der Waals surface area contributed by atoms with Gasteiger partial charge in [-0.05, 0) is 42.7 Å². The Morgan fingerprint density at radius 1 is 1.07 bits per heavy atom. The second-order valence-corrected chi connectivity index (χ2v) is 6.83. The molecule has 0 saturated heterocycles. The number of benzene rings is 2. The van der Waals surface area contributed by atoms with Crippen LogP contribution in [-0.4, -0.2) is 34.4 Å². The zero-order valence-corrected chi connectivity index (χ0v) is 14.6. The van der Waals surface area contributed by atoms with Crippen LogP contribution in [0, 0.1) is 6.92 Å². The van der Waals surface area contributed by atoms with Crippen LogP contribution in [0.5, 0.6) is 0 Å².